The van der Waals surface area contributed by atoms with Crippen LogP contribution in [0, 0.1) is 6.92 Å². The lowest BCUT2D eigenvalue weighted by Gasteiger charge is -2.17. The summed E-state index contributed by atoms with van der Waals surface area (Å²) in [5.74, 6) is -0.350. The smallest absolute Gasteiger partial charge is 0.290 e. The molecular formula is C24H22N4O2S. The van der Waals surface area contributed by atoms with Gasteiger partial charge < -0.3 is 11.1 Å². The van der Waals surface area contributed by atoms with Crippen LogP contribution in [0.25, 0.3) is 21.7 Å². The van der Waals surface area contributed by atoms with Gasteiger partial charge in [-0.05, 0) is 43.7 Å². The molecule has 0 radical (unpaired) electrons. The number of carbonyl (C=O) groups is 1. The Morgan fingerprint density at radius 2 is 1.77 bits per heavy atom. The Morgan fingerprint density at radius 3 is 2.48 bits per heavy atom. The van der Waals surface area contributed by atoms with Crippen LogP contribution in [0.1, 0.15) is 17.8 Å². The Bertz CT molecular complexity index is 1290. The standard InChI is InChI=1S/C24H22N4O2S/c1-15-12-13-22(31-15)21-14-19(25)24(30)28(27-21)16(2)23(29)26-20-11-7-6-10-18(20)17-8-4-3-5-9-17/h3-14,16H,25H2,1-2H3,(H,26,29). The number of aromatic nitrogens is 2. The molecule has 0 aliphatic heterocycles. The average Bonchev–Trinajstić information content (AvgIpc) is 3.22. The summed E-state index contributed by atoms with van der Waals surface area (Å²) < 4.78 is 1.15. The second-order valence-corrected chi connectivity index (χ2v) is 8.51. The molecule has 1 amide bonds. The third-order valence-corrected chi connectivity index (χ3v) is 5.99. The number of aryl methyl sites for hydroxylation is 1. The van der Waals surface area contributed by atoms with E-state index >= 15 is 0 Å². The number of thiophene rings is 1. The van der Waals surface area contributed by atoms with Gasteiger partial charge in [0, 0.05) is 16.1 Å². The molecule has 31 heavy (non-hydrogen) atoms. The Labute approximate surface area is 184 Å². The molecule has 0 aliphatic carbocycles. The SMILES string of the molecule is Cc1ccc(-c2cc(N)c(=O)n(C(C)C(=O)Nc3ccccc3-c3ccccc3)n2)s1. The van der Waals surface area contributed by atoms with Crippen molar-refractivity contribution in [1.29, 1.82) is 0 Å². The van der Waals surface area contributed by atoms with Crippen LogP contribution in [-0.2, 0) is 4.79 Å². The first kappa shape index (κ1) is 20.6. The Morgan fingerprint density at radius 1 is 1.06 bits per heavy atom. The van der Waals surface area contributed by atoms with Crippen molar-refractivity contribution < 1.29 is 4.79 Å². The zero-order chi connectivity index (χ0) is 22.0. The summed E-state index contributed by atoms with van der Waals surface area (Å²) in [5.41, 5.74) is 8.64. The van der Waals surface area contributed by atoms with E-state index in [1.807, 2.05) is 73.7 Å². The number of rotatable bonds is 5. The summed E-state index contributed by atoms with van der Waals surface area (Å²) in [6, 6.07) is 22.0. The van der Waals surface area contributed by atoms with E-state index in [0.29, 0.717) is 11.4 Å². The highest BCUT2D eigenvalue weighted by molar-refractivity contribution is 7.15. The third kappa shape index (κ3) is 4.27. The highest BCUT2D eigenvalue weighted by atomic mass is 32.1. The van der Waals surface area contributed by atoms with Crippen molar-refractivity contribution in [1.82, 2.24) is 9.78 Å². The third-order valence-electron chi connectivity index (χ3n) is 4.97. The summed E-state index contributed by atoms with van der Waals surface area (Å²) >= 11 is 1.55. The molecule has 4 aromatic rings. The molecule has 156 valence electrons. The molecule has 1 atom stereocenters. The fourth-order valence-electron chi connectivity index (χ4n) is 3.30. The number of hydrogen-bond donors (Lipinski definition) is 2. The lowest BCUT2D eigenvalue weighted by molar-refractivity contribution is -0.119. The zero-order valence-corrected chi connectivity index (χ0v) is 18.0. The molecule has 2 aromatic heterocycles. The highest BCUT2D eigenvalue weighted by Gasteiger charge is 2.21. The number of amides is 1. The molecule has 0 saturated carbocycles. The molecule has 2 heterocycles. The van der Waals surface area contributed by atoms with Crippen molar-refractivity contribution in [2.45, 2.75) is 19.9 Å². The number of anilines is 2. The molecule has 3 N–H and O–H groups in total. The zero-order valence-electron chi connectivity index (χ0n) is 17.2. The maximum absolute atomic E-state index is 13.1. The van der Waals surface area contributed by atoms with Crippen molar-refractivity contribution in [3.8, 4) is 21.7 Å². The minimum absolute atomic E-state index is 0.0559. The monoisotopic (exact) mass is 430 g/mol. The van der Waals surface area contributed by atoms with Crippen molar-refractivity contribution in [3.63, 3.8) is 0 Å². The minimum Gasteiger partial charge on any atom is -0.394 e. The fraction of sp³-hybridized carbons (Fsp3) is 0.125. The van der Waals surface area contributed by atoms with Gasteiger partial charge in [0.1, 0.15) is 17.4 Å². The van der Waals surface area contributed by atoms with Gasteiger partial charge in [0.15, 0.2) is 0 Å². The molecule has 0 fully saturated rings. The number of hydrogen-bond acceptors (Lipinski definition) is 5. The van der Waals surface area contributed by atoms with Gasteiger partial charge in [-0.25, -0.2) is 4.68 Å². The molecule has 0 spiro atoms. The number of benzene rings is 2. The van der Waals surface area contributed by atoms with E-state index in [9.17, 15) is 9.59 Å². The molecule has 6 nitrogen and oxygen atoms in total. The van der Waals surface area contributed by atoms with Gasteiger partial charge in [0.05, 0.1) is 4.88 Å². The van der Waals surface area contributed by atoms with Crippen LogP contribution in [0.4, 0.5) is 11.4 Å². The first-order valence-corrected chi connectivity index (χ1v) is 10.7. The number of nitrogens with two attached hydrogens (primary N) is 1. The van der Waals surface area contributed by atoms with Gasteiger partial charge in [-0.3, -0.25) is 9.59 Å². The number of carbonyl (C=O) groups excluding carboxylic acids is 1. The molecule has 0 aliphatic rings. The molecule has 0 saturated heterocycles. The summed E-state index contributed by atoms with van der Waals surface area (Å²) in [6.07, 6.45) is 0. The van der Waals surface area contributed by atoms with Crippen molar-refractivity contribution in [2.75, 3.05) is 11.1 Å². The van der Waals surface area contributed by atoms with Gasteiger partial charge in [-0.1, -0.05) is 48.5 Å². The predicted octanol–water partition coefficient (Wildman–Crippen LogP) is 4.73. The van der Waals surface area contributed by atoms with E-state index < -0.39 is 11.6 Å². The van der Waals surface area contributed by atoms with Crippen molar-refractivity contribution >= 4 is 28.6 Å². The predicted molar refractivity (Wildman–Crippen MR) is 126 cm³/mol. The van der Waals surface area contributed by atoms with Gasteiger partial charge in [0.25, 0.3) is 5.56 Å². The van der Waals surface area contributed by atoms with Crippen LogP contribution in [-0.4, -0.2) is 15.7 Å². The summed E-state index contributed by atoms with van der Waals surface area (Å²) in [6.45, 7) is 3.63. The topological polar surface area (TPSA) is 90.0 Å². The molecule has 1 unspecified atom stereocenters. The van der Waals surface area contributed by atoms with Gasteiger partial charge in [-0.2, -0.15) is 5.10 Å². The van der Waals surface area contributed by atoms with Crippen molar-refractivity contribution in [2.24, 2.45) is 0 Å². The lowest BCUT2D eigenvalue weighted by atomic mass is 10.0. The first-order chi connectivity index (χ1) is 14.9. The largest absolute Gasteiger partial charge is 0.394 e. The Hall–Kier alpha value is -3.71. The van der Waals surface area contributed by atoms with Crippen LogP contribution in [0.15, 0.2) is 77.6 Å². The quantitative estimate of drug-likeness (QED) is 0.479. The first-order valence-electron chi connectivity index (χ1n) is 9.85. The minimum atomic E-state index is -0.848. The summed E-state index contributed by atoms with van der Waals surface area (Å²) in [4.78, 5) is 27.7. The van der Waals surface area contributed by atoms with Gasteiger partial charge in [0.2, 0.25) is 5.91 Å². The number of nitrogen functional groups attached to an aromatic ring is 1. The van der Waals surface area contributed by atoms with Crippen LogP contribution in [0.3, 0.4) is 0 Å². The van der Waals surface area contributed by atoms with E-state index in [4.69, 9.17) is 5.73 Å². The van der Waals surface area contributed by atoms with E-state index in [0.717, 1.165) is 25.6 Å². The summed E-state index contributed by atoms with van der Waals surface area (Å²) in [5, 5.41) is 7.37. The number of para-hydroxylation sites is 1. The normalized spacial score (nSPS) is 11.8. The summed E-state index contributed by atoms with van der Waals surface area (Å²) in [7, 11) is 0. The van der Waals surface area contributed by atoms with Crippen LogP contribution < -0.4 is 16.6 Å². The maximum atomic E-state index is 13.1. The Kier molecular flexibility index (Phi) is 5.68. The van der Waals surface area contributed by atoms with Crippen LogP contribution in [0.2, 0.25) is 0 Å². The lowest BCUT2D eigenvalue weighted by Crippen LogP contribution is -2.34. The van der Waals surface area contributed by atoms with E-state index in [2.05, 4.69) is 10.4 Å². The number of nitrogens with zero attached hydrogens (tertiary/aromatic N) is 2. The maximum Gasteiger partial charge on any atom is 0.290 e. The van der Waals surface area contributed by atoms with E-state index in [-0.39, 0.29) is 11.6 Å². The van der Waals surface area contributed by atoms with Gasteiger partial charge in [-0.15, -0.1) is 11.3 Å². The van der Waals surface area contributed by atoms with Gasteiger partial charge >= 0.3 is 0 Å². The number of nitrogens with one attached hydrogen (secondary N) is 1. The van der Waals surface area contributed by atoms with Crippen molar-refractivity contribution in [3.05, 3.63) is 88.0 Å². The molecule has 2 aromatic carbocycles. The van der Waals surface area contributed by atoms with Crippen LogP contribution in [0.5, 0.6) is 0 Å². The molecular weight excluding hydrogens is 408 g/mol. The van der Waals surface area contributed by atoms with E-state index in [1.165, 1.54) is 0 Å². The molecule has 4 rings (SSSR count). The average molecular weight is 431 g/mol. The fourth-order valence-corrected chi connectivity index (χ4v) is 4.12. The molecule has 7 heteroatoms. The van der Waals surface area contributed by atoms with Crippen LogP contribution >= 0.6 is 11.3 Å². The second kappa shape index (κ2) is 8.57. The highest BCUT2D eigenvalue weighted by Crippen LogP contribution is 2.29. The van der Waals surface area contributed by atoms with E-state index in [1.54, 1.807) is 24.3 Å². The Balaban J connectivity index is 1.66. The molecule has 0 bridgehead atoms. The second-order valence-electron chi connectivity index (χ2n) is 7.22.